The summed E-state index contributed by atoms with van der Waals surface area (Å²) < 4.78 is 2.85. The minimum atomic E-state index is 0.159. The highest BCUT2D eigenvalue weighted by molar-refractivity contribution is 9.10. The van der Waals surface area contributed by atoms with Crippen molar-refractivity contribution in [3.63, 3.8) is 0 Å². The quantitative estimate of drug-likeness (QED) is 0.820. The summed E-state index contributed by atoms with van der Waals surface area (Å²) in [5.74, 6) is 0.904. The SMILES string of the molecule is CCCN(CC1CC1)C(=O)c1cc(Br)cn1C. The van der Waals surface area contributed by atoms with E-state index in [-0.39, 0.29) is 5.91 Å². The molecule has 1 heterocycles. The number of aromatic nitrogens is 1. The van der Waals surface area contributed by atoms with Crippen LogP contribution in [0.4, 0.5) is 0 Å². The summed E-state index contributed by atoms with van der Waals surface area (Å²) in [5.41, 5.74) is 0.769. The van der Waals surface area contributed by atoms with Crippen molar-refractivity contribution in [3.8, 4) is 0 Å². The highest BCUT2D eigenvalue weighted by Gasteiger charge is 2.27. The van der Waals surface area contributed by atoms with Crippen LogP contribution in [0.5, 0.6) is 0 Å². The highest BCUT2D eigenvalue weighted by Crippen LogP contribution is 2.30. The lowest BCUT2D eigenvalue weighted by Gasteiger charge is -2.22. The summed E-state index contributed by atoms with van der Waals surface area (Å²) in [4.78, 5) is 14.4. The van der Waals surface area contributed by atoms with Gasteiger partial charge in [0.15, 0.2) is 0 Å². The maximum atomic E-state index is 12.4. The van der Waals surface area contributed by atoms with Crippen LogP contribution < -0.4 is 0 Å². The number of rotatable bonds is 5. The van der Waals surface area contributed by atoms with Crippen LogP contribution in [0.3, 0.4) is 0 Å². The third-order valence-corrected chi connectivity index (χ3v) is 3.58. The van der Waals surface area contributed by atoms with Gasteiger partial charge in [0.2, 0.25) is 0 Å². The summed E-state index contributed by atoms with van der Waals surface area (Å²) in [7, 11) is 1.92. The predicted molar refractivity (Wildman–Crippen MR) is 72.0 cm³/mol. The molecule has 1 aliphatic rings. The molecule has 3 nitrogen and oxygen atoms in total. The average molecular weight is 299 g/mol. The Morgan fingerprint density at radius 2 is 2.29 bits per heavy atom. The van der Waals surface area contributed by atoms with E-state index in [1.807, 2.05) is 28.8 Å². The van der Waals surface area contributed by atoms with Crippen molar-refractivity contribution in [1.82, 2.24) is 9.47 Å². The molecule has 0 aliphatic heterocycles. The minimum absolute atomic E-state index is 0.159. The summed E-state index contributed by atoms with van der Waals surface area (Å²) >= 11 is 3.41. The zero-order valence-corrected chi connectivity index (χ0v) is 12.0. The second-order valence-corrected chi connectivity index (χ2v) is 5.76. The number of hydrogen-bond donors (Lipinski definition) is 0. The first kappa shape index (κ1) is 12.7. The zero-order chi connectivity index (χ0) is 12.4. The number of carbonyl (C=O) groups is 1. The monoisotopic (exact) mass is 298 g/mol. The van der Waals surface area contributed by atoms with Gasteiger partial charge in [-0.2, -0.15) is 0 Å². The standard InChI is InChI=1S/C13H19BrN2O/c1-3-6-16(8-10-4-5-10)13(17)12-7-11(14)9-15(12)2/h7,9-10H,3-6,8H2,1-2H3. The summed E-state index contributed by atoms with van der Waals surface area (Å²) in [6.45, 7) is 3.90. The van der Waals surface area contributed by atoms with Gasteiger partial charge < -0.3 is 9.47 Å². The fourth-order valence-electron chi connectivity index (χ4n) is 2.06. The molecule has 0 atom stereocenters. The van der Waals surface area contributed by atoms with Crippen LogP contribution in [0.2, 0.25) is 0 Å². The van der Waals surface area contributed by atoms with E-state index in [9.17, 15) is 4.79 Å². The number of aryl methyl sites for hydroxylation is 1. The van der Waals surface area contributed by atoms with E-state index in [1.54, 1.807) is 0 Å². The van der Waals surface area contributed by atoms with E-state index >= 15 is 0 Å². The first-order chi connectivity index (χ1) is 8.11. The number of amides is 1. The Balaban J connectivity index is 2.11. The molecule has 1 fully saturated rings. The van der Waals surface area contributed by atoms with Crippen LogP contribution in [0.15, 0.2) is 16.7 Å². The topological polar surface area (TPSA) is 25.2 Å². The van der Waals surface area contributed by atoms with Gasteiger partial charge in [0.05, 0.1) is 0 Å². The van der Waals surface area contributed by atoms with Crippen molar-refractivity contribution >= 4 is 21.8 Å². The molecule has 94 valence electrons. The first-order valence-electron chi connectivity index (χ1n) is 6.23. The lowest BCUT2D eigenvalue weighted by atomic mass is 10.3. The maximum Gasteiger partial charge on any atom is 0.270 e. The van der Waals surface area contributed by atoms with Gasteiger partial charge in [0.1, 0.15) is 5.69 Å². The molecule has 0 spiro atoms. The minimum Gasteiger partial charge on any atom is -0.345 e. The maximum absolute atomic E-state index is 12.4. The van der Waals surface area contributed by atoms with E-state index in [0.717, 1.165) is 35.6 Å². The Morgan fingerprint density at radius 1 is 1.59 bits per heavy atom. The Labute approximate surface area is 111 Å². The van der Waals surface area contributed by atoms with Gasteiger partial charge >= 0.3 is 0 Å². The Bertz CT molecular complexity index is 410. The zero-order valence-electron chi connectivity index (χ0n) is 10.4. The molecule has 0 bridgehead atoms. The van der Waals surface area contributed by atoms with E-state index in [1.165, 1.54) is 12.8 Å². The second kappa shape index (κ2) is 5.25. The fraction of sp³-hybridized carbons (Fsp3) is 0.615. The molecule has 0 radical (unpaired) electrons. The van der Waals surface area contributed by atoms with Crippen molar-refractivity contribution in [3.05, 3.63) is 22.4 Å². The van der Waals surface area contributed by atoms with Crippen LogP contribution >= 0.6 is 15.9 Å². The van der Waals surface area contributed by atoms with Gasteiger partial charge in [-0.3, -0.25) is 4.79 Å². The molecule has 1 amide bonds. The normalized spacial score (nSPS) is 15.0. The Hall–Kier alpha value is -0.770. The predicted octanol–water partition coefficient (Wildman–Crippen LogP) is 3.05. The Morgan fingerprint density at radius 3 is 2.76 bits per heavy atom. The van der Waals surface area contributed by atoms with Crippen LogP contribution in [-0.4, -0.2) is 28.5 Å². The van der Waals surface area contributed by atoms with Gasteiger partial charge in [-0.25, -0.2) is 0 Å². The molecule has 4 heteroatoms. The molecule has 2 rings (SSSR count). The van der Waals surface area contributed by atoms with Crippen LogP contribution in [0.25, 0.3) is 0 Å². The molecule has 17 heavy (non-hydrogen) atoms. The third-order valence-electron chi connectivity index (χ3n) is 3.15. The lowest BCUT2D eigenvalue weighted by Crippen LogP contribution is -2.34. The van der Waals surface area contributed by atoms with E-state index in [0.29, 0.717) is 0 Å². The van der Waals surface area contributed by atoms with Crippen LogP contribution in [0, 0.1) is 5.92 Å². The average Bonchev–Trinajstić information content (AvgIpc) is 3.02. The third kappa shape index (κ3) is 3.12. The molecule has 1 saturated carbocycles. The largest absolute Gasteiger partial charge is 0.345 e. The van der Waals surface area contributed by atoms with Crippen LogP contribution in [0.1, 0.15) is 36.7 Å². The molecule has 0 N–H and O–H groups in total. The van der Waals surface area contributed by atoms with E-state index < -0.39 is 0 Å². The second-order valence-electron chi connectivity index (χ2n) is 4.85. The van der Waals surface area contributed by atoms with Gasteiger partial charge in [-0.05, 0) is 47.2 Å². The fourth-order valence-corrected chi connectivity index (χ4v) is 2.58. The smallest absolute Gasteiger partial charge is 0.270 e. The molecule has 0 aromatic carbocycles. The summed E-state index contributed by atoms with van der Waals surface area (Å²) in [5, 5.41) is 0. The highest BCUT2D eigenvalue weighted by atomic mass is 79.9. The summed E-state index contributed by atoms with van der Waals surface area (Å²) in [6, 6.07) is 1.90. The first-order valence-corrected chi connectivity index (χ1v) is 7.02. The summed E-state index contributed by atoms with van der Waals surface area (Å²) in [6.07, 6.45) is 5.51. The number of hydrogen-bond acceptors (Lipinski definition) is 1. The number of halogens is 1. The van der Waals surface area contributed by atoms with E-state index in [4.69, 9.17) is 0 Å². The van der Waals surface area contributed by atoms with Gasteiger partial charge in [-0.1, -0.05) is 6.92 Å². The van der Waals surface area contributed by atoms with Crippen molar-refractivity contribution in [1.29, 1.82) is 0 Å². The van der Waals surface area contributed by atoms with Crippen molar-refractivity contribution < 1.29 is 4.79 Å². The van der Waals surface area contributed by atoms with Crippen molar-refractivity contribution in [2.24, 2.45) is 13.0 Å². The van der Waals surface area contributed by atoms with Gasteiger partial charge in [-0.15, -0.1) is 0 Å². The Kier molecular flexibility index (Phi) is 3.92. The molecule has 1 aromatic rings. The molecule has 0 saturated heterocycles. The van der Waals surface area contributed by atoms with Crippen LogP contribution in [-0.2, 0) is 7.05 Å². The van der Waals surface area contributed by atoms with Gasteiger partial charge in [0.25, 0.3) is 5.91 Å². The molecule has 0 unspecified atom stereocenters. The molecular formula is C13H19BrN2O. The molecular weight excluding hydrogens is 280 g/mol. The molecule has 1 aromatic heterocycles. The van der Waals surface area contributed by atoms with Gasteiger partial charge in [0, 0.05) is 30.8 Å². The molecule has 1 aliphatic carbocycles. The van der Waals surface area contributed by atoms with Crippen molar-refractivity contribution in [2.45, 2.75) is 26.2 Å². The van der Waals surface area contributed by atoms with E-state index in [2.05, 4.69) is 22.9 Å². The van der Waals surface area contributed by atoms with Crippen molar-refractivity contribution in [2.75, 3.05) is 13.1 Å². The number of nitrogens with zero attached hydrogens (tertiary/aromatic N) is 2. The number of carbonyl (C=O) groups excluding carboxylic acids is 1. The lowest BCUT2D eigenvalue weighted by molar-refractivity contribution is 0.0738.